The van der Waals surface area contributed by atoms with Gasteiger partial charge in [0.1, 0.15) is 6.04 Å². The molecule has 2 aliphatic rings. The number of nitrogens with zero attached hydrogens (tertiary/aromatic N) is 4. The molecule has 2 aromatic rings. The number of thioether (sulfide) groups is 1. The number of esters is 1. The topological polar surface area (TPSA) is 95.4 Å². The van der Waals surface area contributed by atoms with Gasteiger partial charge < -0.3 is 9.64 Å². The summed E-state index contributed by atoms with van der Waals surface area (Å²) in [5.74, 6) is -0.563. The largest absolute Gasteiger partial charge is 0.451 e. The number of benzene rings is 2. The smallest absolute Gasteiger partial charge is 0.331 e. The molecule has 2 fully saturated rings. The molecule has 2 saturated heterocycles. The van der Waals surface area contributed by atoms with E-state index in [1.807, 2.05) is 67.6 Å². The quantitative estimate of drug-likeness (QED) is 0.237. The van der Waals surface area contributed by atoms with Crippen molar-refractivity contribution in [2.24, 2.45) is 5.11 Å². The Kier molecular flexibility index (Phi) is 5.22. The second kappa shape index (κ2) is 7.81. The van der Waals surface area contributed by atoms with Crippen molar-refractivity contribution in [2.75, 3.05) is 6.54 Å². The van der Waals surface area contributed by atoms with E-state index in [9.17, 15) is 9.59 Å². The van der Waals surface area contributed by atoms with Crippen LogP contribution in [-0.4, -0.2) is 39.5 Å². The van der Waals surface area contributed by atoms with Gasteiger partial charge in [0.25, 0.3) is 0 Å². The fourth-order valence-corrected chi connectivity index (χ4v) is 5.57. The first-order chi connectivity index (χ1) is 14.0. The molecule has 0 aliphatic carbocycles. The number of fused-ring (bicyclic) bond motifs is 1. The molecule has 0 spiro atoms. The van der Waals surface area contributed by atoms with Crippen molar-refractivity contribution in [2.45, 2.75) is 35.6 Å². The minimum absolute atomic E-state index is 0.0779. The number of hydrogen-bond donors (Lipinski definition) is 0. The van der Waals surface area contributed by atoms with E-state index in [2.05, 4.69) is 10.0 Å². The maximum absolute atomic E-state index is 13.4. The Morgan fingerprint density at radius 3 is 2.34 bits per heavy atom. The zero-order valence-electron chi connectivity index (χ0n) is 15.8. The van der Waals surface area contributed by atoms with Crippen LogP contribution in [-0.2, 0) is 14.3 Å². The lowest BCUT2D eigenvalue weighted by Gasteiger charge is -2.38. The van der Waals surface area contributed by atoms with Crippen LogP contribution in [0.2, 0.25) is 0 Å². The van der Waals surface area contributed by atoms with Crippen molar-refractivity contribution in [3.05, 3.63) is 82.2 Å². The summed E-state index contributed by atoms with van der Waals surface area (Å²) in [5.41, 5.74) is 10.5. The van der Waals surface area contributed by atoms with Crippen LogP contribution in [0.5, 0.6) is 0 Å². The van der Waals surface area contributed by atoms with Gasteiger partial charge in [-0.3, -0.25) is 4.79 Å². The Balaban J connectivity index is 1.66. The van der Waals surface area contributed by atoms with Crippen molar-refractivity contribution in [1.29, 1.82) is 0 Å². The molecule has 2 aromatic carbocycles. The highest BCUT2D eigenvalue weighted by atomic mass is 32.2. The van der Waals surface area contributed by atoms with Crippen molar-refractivity contribution < 1.29 is 14.3 Å². The van der Waals surface area contributed by atoms with E-state index in [0.29, 0.717) is 6.42 Å². The van der Waals surface area contributed by atoms with Gasteiger partial charge in [0.2, 0.25) is 5.91 Å². The standard InChI is InChI=1S/C21H20N4O3S/c1-21(13-23-24-22)19(25-16(26)12-17(25)29-21)20(27)28-18(14-8-4-2-5-9-14)15-10-6-3-7-11-15/h2-11,17-19H,12-13H2,1H3/t17?,19-,21+/m0/s1. The minimum Gasteiger partial charge on any atom is -0.451 e. The summed E-state index contributed by atoms with van der Waals surface area (Å²) in [6.45, 7) is 1.96. The number of β-lactam (4-membered cyclic amide) rings is 1. The molecule has 7 nitrogen and oxygen atoms in total. The van der Waals surface area contributed by atoms with Crippen LogP contribution in [0, 0.1) is 0 Å². The van der Waals surface area contributed by atoms with Crippen LogP contribution in [0.25, 0.3) is 10.4 Å². The first-order valence-corrected chi connectivity index (χ1v) is 10.2. The third-order valence-electron chi connectivity index (χ3n) is 5.32. The van der Waals surface area contributed by atoms with Crippen LogP contribution < -0.4 is 0 Å². The summed E-state index contributed by atoms with van der Waals surface area (Å²) in [7, 11) is 0. The van der Waals surface area contributed by atoms with Crippen molar-refractivity contribution >= 4 is 23.6 Å². The lowest BCUT2D eigenvalue weighted by atomic mass is 9.96. The van der Waals surface area contributed by atoms with E-state index < -0.39 is 22.9 Å². The summed E-state index contributed by atoms with van der Waals surface area (Å²) < 4.78 is 5.28. The van der Waals surface area contributed by atoms with Gasteiger partial charge in [-0.05, 0) is 23.6 Å². The molecule has 1 amide bonds. The molecular weight excluding hydrogens is 388 g/mol. The number of ether oxygens (including phenoxy) is 1. The molecule has 0 N–H and O–H groups in total. The summed E-state index contributed by atoms with van der Waals surface area (Å²) in [4.78, 5) is 30.0. The van der Waals surface area contributed by atoms with Gasteiger partial charge in [-0.15, -0.1) is 11.8 Å². The molecule has 0 radical (unpaired) electrons. The Morgan fingerprint density at radius 1 is 1.24 bits per heavy atom. The van der Waals surface area contributed by atoms with Gasteiger partial charge in [-0.2, -0.15) is 0 Å². The molecule has 148 valence electrons. The molecule has 8 heteroatoms. The van der Waals surface area contributed by atoms with Gasteiger partial charge in [-0.1, -0.05) is 65.8 Å². The number of carbonyl (C=O) groups is 2. The number of amides is 1. The van der Waals surface area contributed by atoms with Crippen LogP contribution in [0.3, 0.4) is 0 Å². The van der Waals surface area contributed by atoms with E-state index in [1.165, 1.54) is 11.8 Å². The average Bonchev–Trinajstić information content (AvgIpc) is 2.99. The molecule has 2 aliphatic heterocycles. The molecule has 0 bridgehead atoms. The van der Waals surface area contributed by atoms with E-state index in [1.54, 1.807) is 4.90 Å². The monoisotopic (exact) mass is 408 g/mol. The molecule has 2 heterocycles. The van der Waals surface area contributed by atoms with Crippen LogP contribution in [0.15, 0.2) is 65.8 Å². The lowest BCUT2D eigenvalue weighted by Crippen LogP contribution is -2.58. The SMILES string of the molecule is C[C@]1(CN=[N+]=[N-])SC2CC(=O)N2[C@H]1C(=O)OC(c1ccccc1)c1ccccc1. The van der Waals surface area contributed by atoms with Crippen LogP contribution in [0.1, 0.15) is 30.6 Å². The lowest BCUT2D eigenvalue weighted by molar-refractivity contribution is -0.164. The number of rotatable bonds is 6. The van der Waals surface area contributed by atoms with E-state index in [-0.39, 0.29) is 17.8 Å². The Bertz CT molecular complexity index is 925. The van der Waals surface area contributed by atoms with E-state index in [0.717, 1.165) is 11.1 Å². The van der Waals surface area contributed by atoms with Gasteiger partial charge in [0.05, 0.1) is 16.5 Å². The average molecular weight is 408 g/mol. The van der Waals surface area contributed by atoms with E-state index >= 15 is 0 Å². The third kappa shape index (κ3) is 3.57. The molecule has 3 atom stereocenters. The molecule has 0 saturated carbocycles. The maximum Gasteiger partial charge on any atom is 0.331 e. The first-order valence-electron chi connectivity index (χ1n) is 9.34. The second-order valence-electron chi connectivity index (χ2n) is 7.32. The van der Waals surface area contributed by atoms with Gasteiger partial charge in [0.15, 0.2) is 6.10 Å². The second-order valence-corrected chi connectivity index (χ2v) is 9.03. The highest BCUT2D eigenvalue weighted by Gasteiger charge is 2.61. The van der Waals surface area contributed by atoms with Gasteiger partial charge >= 0.3 is 5.97 Å². The normalized spacial score (nSPS) is 25.2. The van der Waals surface area contributed by atoms with Gasteiger partial charge in [0, 0.05) is 11.5 Å². The summed E-state index contributed by atoms with van der Waals surface area (Å²) in [6.07, 6.45) is -0.199. The van der Waals surface area contributed by atoms with Crippen molar-refractivity contribution in [3.8, 4) is 0 Å². The predicted octanol–water partition coefficient (Wildman–Crippen LogP) is 4.06. The highest BCUT2D eigenvalue weighted by Crippen LogP contribution is 2.51. The number of azide groups is 1. The Labute approximate surface area is 172 Å². The Morgan fingerprint density at radius 2 is 1.83 bits per heavy atom. The summed E-state index contributed by atoms with van der Waals surface area (Å²) >= 11 is 1.50. The fourth-order valence-electron chi connectivity index (χ4n) is 3.90. The molecule has 29 heavy (non-hydrogen) atoms. The predicted molar refractivity (Wildman–Crippen MR) is 110 cm³/mol. The first kappa shape index (κ1) is 19.4. The highest BCUT2D eigenvalue weighted by molar-refractivity contribution is 8.01. The molecular formula is C21H20N4O3S. The summed E-state index contributed by atoms with van der Waals surface area (Å²) in [6, 6.07) is 18.2. The summed E-state index contributed by atoms with van der Waals surface area (Å²) in [5, 5.41) is 3.61. The molecule has 0 aromatic heterocycles. The van der Waals surface area contributed by atoms with E-state index in [4.69, 9.17) is 10.3 Å². The van der Waals surface area contributed by atoms with Crippen molar-refractivity contribution in [3.63, 3.8) is 0 Å². The number of hydrogen-bond acceptors (Lipinski definition) is 5. The third-order valence-corrected chi connectivity index (χ3v) is 6.88. The van der Waals surface area contributed by atoms with Gasteiger partial charge in [-0.25, -0.2) is 4.79 Å². The zero-order valence-corrected chi connectivity index (χ0v) is 16.7. The number of carbonyl (C=O) groups excluding carboxylic acids is 2. The van der Waals surface area contributed by atoms with Crippen molar-refractivity contribution in [1.82, 2.24) is 4.90 Å². The maximum atomic E-state index is 13.4. The fraction of sp³-hybridized carbons (Fsp3) is 0.333. The Hall–Kier alpha value is -2.96. The van der Waals surface area contributed by atoms with Crippen LogP contribution in [0.4, 0.5) is 0 Å². The van der Waals surface area contributed by atoms with Crippen LogP contribution >= 0.6 is 11.8 Å². The molecule has 4 rings (SSSR count). The molecule has 1 unspecified atom stereocenters. The minimum atomic E-state index is -0.792. The zero-order chi connectivity index (χ0) is 20.4.